The summed E-state index contributed by atoms with van der Waals surface area (Å²) in [4.78, 5) is 0. The Balaban J connectivity index is 3.51. The highest BCUT2D eigenvalue weighted by Gasteiger charge is 2.29. The molecule has 0 aliphatic heterocycles. The number of benzene rings is 1. The molecule has 0 amide bonds. The van der Waals surface area contributed by atoms with Crippen LogP contribution in [0.1, 0.15) is 44.7 Å². The molecule has 1 aromatic carbocycles. The van der Waals surface area contributed by atoms with Crippen molar-refractivity contribution in [3.05, 3.63) is 23.3 Å². The third-order valence-electron chi connectivity index (χ3n) is 3.09. The van der Waals surface area contributed by atoms with Gasteiger partial charge in [-0.2, -0.15) is 0 Å². The number of aromatic hydroxyl groups is 1. The van der Waals surface area contributed by atoms with Crippen molar-refractivity contribution >= 4 is 0 Å². The van der Waals surface area contributed by atoms with Gasteiger partial charge in [0.2, 0.25) is 0 Å². The highest BCUT2D eigenvalue weighted by molar-refractivity contribution is 5.54. The average Bonchev–Trinajstić information content (AvgIpc) is 2.28. The zero-order valence-corrected chi connectivity index (χ0v) is 11.2. The number of hydrogen-bond acceptors (Lipinski definition) is 3. The standard InChI is InChI=1S/C14H22O3/c1-9(2)10-6-7-11(17-5)13(16)12(10)14(3,4)8-15/h6-7,9,15-16H,8H2,1-5H3. The third kappa shape index (κ3) is 2.55. The summed E-state index contributed by atoms with van der Waals surface area (Å²) in [5, 5.41) is 19.7. The highest BCUT2D eigenvalue weighted by Crippen LogP contribution is 2.42. The zero-order chi connectivity index (χ0) is 13.2. The van der Waals surface area contributed by atoms with Crippen molar-refractivity contribution in [3.63, 3.8) is 0 Å². The minimum absolute atomic E-state index is 0.0204. The van der Waals surface area contributed by atoms with Crippen molar-refractivity contribution in [2.24, 2.45) is 0 Å². The third-order valence-corrected chi connectivity index (χ3v) is 3.09. The first-order chi connectivity index (χ1) is 7.85. The molecule has 0 saturated heterocycles. The molecule has 0 aromatic heterocycles. The first-order valence-corrected chi connectivity index (χ1v) is 5.86. The second-order valence-corrected chi connectivity index (χ2v) is 5.28. The van der Waals surface area contributed by atoms with Gasteiger partial charge in [0.15, 0.2) is 11.5 Å². The molecule has 17 heavy (non-hydrogen) atoms. The molecule has 0 spiro atoms. The van der Waals surface area contributed by atoms with E-state index in [0.29, 0.717) is 5.75 Å². The van der Waals surface area contributed by atoms with Crippen LogP contribution >= 0.6 is 0 Å². The first kappa shape index (κ1) is 13.8. The van der Waals surface area contributed by atoms with Gasteiger partial charge in [-0.05, 0) is 17.5 Å². The summed E-state index contributed by atoms with van der Waals surface area (Å²) < 4.78 is 5.13. The van der Waals surface area contributed by atoms with Crippen molar-refractivity contribution in [3.8, 4) is 11.5 Å². The molecule has 96 valence electrons. The van der Waals surface area contributed by atoms with E-state index in [1.54, 1.807) is 6.07 Å². The fourth-order valence-corrected chi connectivity index (χ4v) is 2.02. The van der Waals surface area contributed by atoms with E-state index >= 15 is 0 Å². The topological polar surface area (TPSA) is 49.7 Å². The summed E-state index contributed by atoms with van der Waals surface area (Å²) in [7, 11) is 1.53. The molecule has 0 aliphatic rings. The van der Waals surface area contributed by atoms with Gasteiger partial charge in [-0.1, -0.05) is 33.8 Å². The summed E-state index contributed by atoms with van der Waals surface area (Å²) in [6, 6.07) is 3.72. The lowest BCUT2D eigenvalue weighted by atomic mass is 9.79. The molecule has 1 rings (SSSR count). The number of methoxy groups -OCH3 is 1. The largest absolute Gasteiger partial charge is 0.504 e. The van der Waals surface area contributed by atoms with Gasteiger partial charge >= 0.3 is 0 Å². The Morgan fingerprint density at radius 1 is 1.29 bits per heavy atom. The second-order valence-electron chi connectivity index (χ2n) is 5.28. The van der Waals surface area contributed by atoms with Gasteiger partial charge in [0, 0.05) is 11.0 Å². The van der Waals surface area contributed by atoms with E-state index in [4.69, 9.17) is 4.74 Å². The van der Waals surface area contributed by atoms with E-state index in [1.807, 2.05) is 19.9 Å². The van der Waals surface area contributed by atoms with Crippen LogP contribution in [0.25, 0.3) is 0 Å². The summed E-state index contributed by atoms with van der Waals surface area (Å²) in [6.07, 6.45) is 0. The van der Waals surface area contributed by atoms with E-state index in [2.05, 4.69) is 13.8 Å². The molecule has 0 atom stereocenters. The number of phenolic OH excluding ortho intramolecular Hbond substituents is 1. The van der Waals surface area contributed by atoms with Gasteiger partial charge in [0.05, 0.1) is 13.7 Å². The van der Waals surface area contributed by atoms with Crippen LogP contribution in [0.4, 0.5) is 0 Å². The number of ether oxygens (including phenoxy) is 1. The molecule has 0 bridgehead atoms. The van der Waals surface area contributed by atoms with Crippen molar-refractivity contribution in [2.45, 2.75) is 39.0 Å². The maximum Gasteiger partial charge on any atom is 0.161 e. The van der Waals surface area contributed by atoms with Crippen molar-refractivity contribution < 1.29 is 14.9 Å². The Morgan fingerprint density at radius 2 is 1.88 bits per heavy atom. The molecule has 3 heteroatoms. The molecule has 0 unspecified atom stereocenters. The van der Waals surface area contributed by atoms with E-state index in [1.165, 1.54) is 7.11 Å². The second kappa shape index (κ2) is 4.96. The predicted molar refractivity (Wildman–Crippen MR) is 68.9 cm³/mol. The van der Waals surface area contributed by atoms with E-state index in [9.17, 15) is 10.2 Å². The lowest BCUT2D eigenvalue weighted by Gasteiger charge is -2.28. The molecule has 1 aromatic rings. The molecule has 0 heterocycles. The van der Waals surface area contributed by atoms with Crippen molar-refractivity contribution in [1.29, 1.82) is 0 Å². The Labute approximate surface area is 103 Å². The number of aliphatic hydroxyl groups excluding tert-OH is 1. The van der Waals surface area contributed by atoms with E-state index in [0.717, 1.165) is 11.1 Å². The maximum absolute atomic E-state index is 10.2. The quantitative estimate of drug-likeness (QED) is 0.848. The number of hydrogen-bond donors (Lipinski definition) is 2. The van der Waals surface area contributed by atoms with Crippen molar-refractivity contribution in [1.82, 2.24) is 0 Å². The van der Waals surface area contributed by atoms with Crippen LogP contribution in [-0.4, -0.2) is 23.9 Å². The lowest BCUT2D eigenvalue weighted by Crippen LogP contribution is -2.24. The van der Waals surface area contributed by atoms with Crippen LogP contribution in [-0.2, 0) is 5.41 Å². The van der Waals surface area contributed by atoms with Crippen LogP contribution in [0, 0.1) is 0 Å². The molecule has 2 N–H and O–H groups in total. The number of phenols is 1. The monoisotopic (exact) mass is 238 g/mol. The highest BCUT2D eigenvalue weighted by atomic mass is 16.5. The maximum atomic E-state index is 10.2. The first-order valence-electron chi connectivity index (χ1n) is 5.86. The van der Waals surface area contributed by atoms with Crippen molar-refractivity contribution in [2.75, 3.05) is 13.7 Å². The molecule has 0 radical (unpaired) electrons. The molecular formula is C14H22O3. The van der Waals surface area contributed by atoms with Gasteiger partial charge < -0.3 is 14.9 Å². The van der Waals surface area contributed by atoms with Crippen LogP contribution in [0.2, 0.25) is 0 Å². The average molecular weight is 238 g/mol. The summed E-state index contributed by atoms with van der Waals surface area (Å²) >= 11 is 0. The fraction of sp³-hybridized carbons (Fsp3) is 0.571. The normalized spacial score (nSPS) is 11.9. The summed E-state index contributed by atoms with van der Waals surface area (Å²) in [6.45, 7) is 7.94. The van der Waals surface area contributed by atoms with Crippen LogP contribution in [0.3, 0.4) is 0 Å². The van der Waals surface area contributed by atoms with E-state index in [-0.39, 0.29) is 18.3 Å². The molecule has 3 nitrogen and oxygen atoms in total. The van der Waals surface area contributed by atoms with Gasteiger partial charge in [0.25, 0.3) is 0 Å². The smallest absolute Gasteiger partial charge is 0.161 e. The van der Waals surface area contributed by atoms with Crippen LogP contribution < -0.4 is 4.74 Å². The minimum Gasteiger partial charge on any atom is -0.504 e. The zero-order valence-electron chi connectivity index (χ0n) is 11.2. The molecule has 0 saturated carbocycles. The fourth-order valence-electron chi connectivity index (χ4n) is 2.02. The Morgan fingerprint density at radius 3 is 2.29 bits per heavy atom. The number of aliphatic hydroxyl groups is 1. The predicted octanol–water partition coefficient (Wildman–Crippen LogP) is 2.79. The molecule has 0 fully saturated rings. The summed E-state index contributed by atoms with van der Waals surface area (Å²) in [5.41, 5.74) is 1.33. The summed E-state index contributed by atoms with van der Waals surface area (Å²) in [5.74, 6) is 0.872. The van der Waals surface area contributed by atoms with Gasteiger partial charge in [-0.3, -0.25) is 0 Å². The Bertz CT molecular complexity index is 395. The number of rotatable bonds is 4. The van der Waals surface area contributed by atoms with Gasteiger partial charge in [-0.15, -0.1) is 0 Å². The molecular weight excluding hydrogens is 216 g/mol. The van der Waals surface area contributed by atoms with Gasteiger partial charge in [0.1, 0.15) is 0 Å². The Kier molecular flexibility index (Phi) is 4.04. The SMILES string of the molecule is COc1ccc(C(C)C)c(C(C)(C)CO)c1O. The molecule has 0 aliphatic carbocycles. The van der Waals surface area contributed by atoms with E-state index < -0.39 is 5.41 Å². The minimum atomic E-state index is -0.488. The Hall–Kier alpha value is -1.22. The lowest BCUT2D eigenvalue weighted by molar-refractivity contribution is 0.213. The van der Waals surface area contributed by atoms with Crippen LogP contribution in [0.5, 0.6) is 11.5 Å². The van der Waals surface area contributed by atoms with Crippen LogP contribution in [0.15, 0.2) is 12.1 Å². The van der Waals surface area contributed by atoms with Gasteiger partial charge in [-0.25, -0.2) is 0 Å².